The molecule has 82 valence electrons. The Morgan fingerprint density at radius 3 is 1.82 bits per heavy atom. The summed E-state index contributed by atoms with van der Waals surface area (Å²) in [5, 5.41) is 0. The van der Waals surface area contributed by atoms with Gasteiger partial charge in [0.05, 0.1) is 6.26 Å². The Balaban J connectivity index is 1.99. The summed E-state index contributed by atoms with van der Waals surface area (Å²) in [7, 11) is 0. The second-order valence-corrected chi connectivity index (χ2v) is 3.93. The van der Waals surface area contributed by atoms with Crippen molar-refractivity contribution in [1.82, 2.24) is 0 Å². The van der Waals surface area contributed by atoms with Crippen molar-refractivity contribution in [2.75, 3.05) is 0 Å². The number of benzene rings is 2. The molecule has 0 saturated carbocycles. The van der Waals surface area contributed by atoms with Gasteiger partial charge in [-0.25, -0.2) is 0 Å². The minimum absolute atomic E-state index is 0.907. The number of hydrogen-bond acceptors (Lipinski definition) is 1. The van der Waals surface area contributed by atoms with E-state index in [-0.39, 0.29) is 0 Å². The lowest BCUT2D eigenvalue weighted by Gasteiger charge is -1.94. The zero-order valence-corrected chi connectivity index (χ0v) is 9.34. The molecule has 0 spiro atoms. The van der Waals surface area contributed by atoms with E-state index in [0.29, 0.717) is 0 Å². The molecule has 2 aromatic carbocycles. The number of hydrogen-bond donors (Lipinski definition) is 0. The quantitative estimate of drug-likeness (QED) is 0.614. The molecule has 0 saturated heterocycles. The van der Waals surface area contributed by atoms with Gasteiger partial charge in [-0.1, -0.05) is 60.7 Å². The van der Waals surface area contributed by atoms with E-state index in [9.17, 15) is 0 Å². The summed E-state index contributed by atoms with van der Waals surface area (Å²) in [5.74, 6) is 0.907. The summed E-state index contributed by atoms with van der Waals surface area (Å²) in [6.07, 6.45) is 1.80. The summed E-state index contributed by atoms with van der Waals surface area (Å²) >= 11 is 0. The first-order valence-corrected chi connectivity index (χ1v) is 5.63. The molecule has 1 heteroatoms. The molecule has 0 radical (unpaired) electrons. The molecule has 0 aliphatic rings. The van der Waals surface area contributed by atoms with Crippen LogP contribution < -0.4 is 0 Å². The van der Waals surface area contributed by atoms with Crippen molar-refractivity contribution in [2.45, 2.75) is 0 Å². The van der Waals surface area contributed by atoms with Crippen LogP contribution in [0, 0.1) is 0 Å². The average Bonchev–Trinajstić information content (AvgIpc) is 2.90. The molecule has 0 atom stereocenters. The van der Waals surface area contributed by atoms with Crippen LogP contribution in [0.4, 0.5) is 0 Å². The van der Waals surface area contributed by atoms with Crippen LogP contribution in [0.1, 0.15) is 0 Å². The Hall–Kier alpha value is -2.28. The molecule has 3 aromatic rings. The molecule has 0 unspecified atom stereocenters. The van der Waals surface area contributed by atoms with E-state index >= 15 is 0 Å². The van der Waals surface area contributed by atoms with Crippen molar-refractivity contribution in [3.05, 3.63) is 73.0 Å². The van der Waals surface area contributed by atoms with Crippen LogP contribution in [0.25, 0.3) is 22.5 Å². The first kappa shape index (κ1) is 9.91. The van der Waals surface area contributed by atoms with Crippen LogP contribution in [0.3, 0.4) is 0 Å². The van der Waals surface area contributed by atoms with Gasteiger partial charge in [0.25, 0.3) is 0 Å². The maximum absolute atomic E-state index is 5.61. The van der Waals surface area contributed by atoms with Crippen molar-refractivity contribution < 1.29 is 4.42 Å². The van der Waals surface area contributed by atoms with E-state index < -0.39 is 0 Å². The topological polar surface area (TPSA) is 13.1 Å². The van der Waals surface area contributed by atoms with E-state index in [1.54, 1.807) is 6.26 Å². The first-order chi connectivity index (χ1) is 8.43. The van der Waals surface area contributed by atoms with Gasteiger partial charge >= 0.3 is 0 Å². The normalized spacial score (nSPS) is 10.4. The molecule has 17 heavy (non-hydrogen) atoms. The molecule has 0 fully saturated rings. The minimum Gasteiger partial charge on any atom is -0.464 e. The first-order valence-electron chi connectivity index (χ1n) is 5.63. The Morgan fingerprint density at radius 1 is 0.588 bits per heavy atom. The maximum atomic E-state index is 5.61. The molecular formula is C16H12O. The zero-order valence-electron chi connectivity index (χ0n) is 9.34. The van der Waals surface area contributed by atoms with E-state index in [1.165, 1.54) is 5.56 Å². The third-order valence-electron chi connectivity index (χ3n) is 2.76. The van der Waals surface area contributed by atoms with Gasteiger partial charge in [-0.3, -0.25) is 0 Å². The lowest BCUT2D eigenvalue weighted by atomic mass is 10.1. The van der Waals surface area contributed by atoms with Crippen molar-refractivity contribution in [1.29, 1.82) is 0 Å². The Labute approximate surface area is 100 Å². The second-order valence-electron chi connectivity index (χ2n) is 3.93. The maximum Gasteiger partial charge on any atom is 0.134 e. The smallest absolute Gasteiger partial charge is 0.134 e. The molecule has 0 bridgehead atoms. The van der Waals surface area contributed by atoms with Crippen LogP contribution in [0.2, 0.25) is 0 Å². The molecule has 0 amide bonds. The Morgan fingerprint density at radius 2 is 1.18 bits per heavy atom. The van der Waals surface area contributed by atoms with Gasteiger partial charge in [0, 0.05) is 11.1 Å². The van der Waals surface area contributed by atoms with Crippen LogP contribution in [-0.4, -0.2) is 0 Å². The van der Waals surface area contributed by atoms with Crippen LogP contribution in [-0.2, 0) is 0 Å². The molecule has 1 aromatic heterocycles. The van der Waals surface area contributed by atoms with Gasteiger partial charge < -0.3 is 4.42 Å². The van der Waals surface area contributed by atoms with Gasteiger partial charge in [-0.05, 0) is 11.6 Å². The largest absolute Gasteiger partial charge is 0.464 e. The van der Waals surface area contributed by atoms with Crippen molar-refractivity contribution >= 4 is 0 Å². The van der Waals surface area contributed by atoms with E-state index in [1.807, 2.05) is 48.5 Å². The summed E-state index contributed by atoms with van der Waals surface area (Å²) in [6.45, 7) is 0. The summed E-state index contributed by atoms with van der Waals surface area (Å²) < 4.78 is 5.61. The molecule has 3 rings (SSSR count). The summed E-state index contributed by atoms with van der Waals surface area (Å²) in [6, 6.07) is 22.5. The lowest BCUT2D eigenvalue weighted by Crippen LogP contribution is -1.72. The fraction of sp³-hybridized carbons (Fsp3) is 0. The highest BCUT2D eigenvalue weighted by Gasteiger charge is 2.05. The molecule has 0 N–H and O–H groups in total. The molecule has 0 aliphatic carbocycles. The standard InChI is InChI=1S/C16H12O/c1-3-7-13(8-4-1)15-11-16(17-12-15)14-9-5-2-6-10-14/h1-12H. The summed E-state index contributed by atoms with van der Waals surface area (Å²) in [5.41, 5.74) is 3.40. The number of rotatable bonds is 2. The molecule has 1 nitrogen and oxygen atoms in total. The zero-order chi connectivity index (χ0) is 11.5. The van der Waals surface area contributed by atoms with Crippen molar-refractivity contribution in [2.24, 2.45) is 0 Å². The minimum atomic E-state index is 0.907. The molecular weight excluding hydrogens is 208 g/mol. The highest BCUT2D eigenvalue weighted by Crippen LogP contribution is 2.27. The second kappa shape index (κ2) is 4.30. The third-order valence-corrected chi connectivity index (χ3v) is 2.76. The average molecular weight is 220 g/mol. The van der Waals surface area contributed by atoms with Gasteiger partial charge in [0.15, 0.2) is 0 Å². The van der Waals surface area contributed by atoms with Crippen molar-refractivity contribution in [3.8, 4) is 22.5 Å². The van der Waals surface area contributed by atoms with E-state index in [0.717, 1.165) is 16.9 Å². The van der Waals surface area contributed by atoms with Crippen molar-refractivity contribution in [3.63, 3.8) is 0 Å². The Bertz CT molecular complexity index is 540. The summed E-state index contributed by atoms with van der Waals surface area (Å²) in [4.78, 5) is 0. The highest BCUT2D eigenvalue weighted by molar-refractivity contribution is 5.69. The molecule has 1 heterocycles. The van der Waals surface area contributed by atoms with E-state index in [4.69, 9.17) is 4.42 Å². The van der Waals surface area contributed by atoms with E-state index in [2.05, 4.69) is 18.2 Å². The van der Waals surface area contributed by atoms with Gasteiger partial charge in [-0.15, -0.1) is 0 Å². The van der Waals surface area contributed by atoms with Gasteiger partial charge in [0.1, 0.15) is 5.76 Å². The van der Waals surface area contributed by atoms with Crippen LogP contribution in [0.15, 0.2) is 77.4 Å². The SMILES string of the molecule is c1ccc(-c2coc(-c3ccccc3)c2)cc1. The predicted molar refractivity (Wildman–Crippen MR) is 69.6 cm³/mol. The van der Waals surface area contributed by atoms with Gasteiger partial charge in [0.2, 0.25) is 0 Å². The van der Waals surface area contributed by atoms with Gasteiger partial charge in [-0.2, -0.15) is 0 Å². The van der Waals surface area contributed by atoms with Crippen LogP contribution in [0.5, 0.6) is 0 Å². The lowest BCUT2D eigenvalue weighted by molar-refractivity contribution is 0.583. The predicted octanol–water partition coefficient (Wildman–Crippen LogP) is 4.61. The fourth-order valence-electron chi connectivity index (χ4n) is 1.87. The van der Waals surface area contributed by atoms with Crippen LogP contribution >= 0.6 is 0 Å². The highest BCUT2D eigenvalue weighted by atomic mass is 16.3. The number of furan rings is 1. The monoisotopic (exact) mass is 220 g/mol. The Kier molecular flexibility index (Phi) is 2.51. The third kappa shape index (κ3) is 2.00. The molecule has 0 aliphatic heterocycles. The fourth-order valence-corrected chi connectivity index (χ4v) is 1.87.